The van der Waals surface area contributed by atoms with Crippen molar-refractivity contribution >= 4 is 0 Å². The van der Waals surface area contributed by atoms with Gasteiger partial charge in [0.05, 0.1) is 0 Å². The number of allylic oxidation sites excluding steroid dienone is 3. The van der Waals surface area contributed by atoms with Gasteiger partial charge in [0.25, 0.3) is 0 Å². The van der Waals surface area contributed by atoms with Gasteiger partial charge in [-0.05, 0) is 26.3 Å². The molecule has 0 radical (unpaired) electrons. The summed E-state index contributed by atoms with van der Waals surface area (Å²) in [5.41, 5.74) is 4.59. The van der Waals surface area contributed by atoms with Crippen LogP contribution in [-0.2, 0) is 21.7 Å². The van der Waals surface area contributed by atoms with E-state index in [0.29, 0.717) is 0 Å². The molecule has 0 fully saturated rings. The number of hydrogen-bond acceptors (Lipinski definition) is 1. The molecule has 1 aliphatic carbocycles. The molecule has 19 heavy (non-hydrogen) atoms. The predicted molar refractivity (Wildman–Crippen MR) is 71.7 cm³/mol. The van der Waals surface area contributed by atoms with Crippen LogP contribution in [0.5, 0.6) is 0 Å². The van der Waals surface area contributed by atoms with Crippen LogP contribution in [0.15, 0.2) is 22.8 Å². The largest absolute Gasteiger partial charge is 4.00 e. The smallest absolute Gasteiger partial charge is 1.00 e. The zero-order chi connectivity index (χ0) is 12.6. The molecule has 0 atom stereocenters. The van der Waals surface area contributed by atoms with E-state index in [1.807, 2.05) is 0 Å². The van der Waals surface area contributed by atoms with Gasteiger partial charge in [0, 0.05) is 0 Å². The molecule has 0 bridgehead atoms. The van der Waals surface area contributed by atoms with E-state index in [1.165, 1.54) is 16.7 Å². The van der Waals surface area contributed by atoms with E-state index in [1.54, 1.807) is 0 Å². The summed E-state index contributed by atoms with van der Waals surface area (Å²) < 4.78 is 0. The molecular formula is C15H25Cl2NTi. The Morgan fingerprint density at radius 2 is 1.58 bits per heavy atom. The molecule has 0 spiro atoms. The summed E-state index contributed by atoms with van der Waals surface area (Å²) in [6.45, 7) is 17.5. The molecule has 0 heterocycles. The molecule has 0 aromatic heterocycles. The fourth-order valence-electron chi connectivity index (χ4n) is 1.86. The van der Waals surface area contributed by atoms with Crippen molar-refractivity contribution < 1.29 is 46.5 Å². The summed E-state index contributed by atoms with van der Waals surface area (Å²) in [5, 5.41) is 3.37. The van der Waals surface area contributed by atoms with Crippen molar-refractivity contribution in [3.63, 3.8) is 0 Å². The number of rotatable bonds is 3. The number of nitrogens with one attached hydrogen (secondary N) is 1. The summed E-state index contributed by atoms with van der Waals surface area (Å²) >= 11 is 0. The van der Waals surface area contributed by atoms with E-state index in [4.69, 9.17) is 0 Å². The molecule has 108 valence electrons. The first kappa shape index (κ1) is 24.6. The van der Waals surface area contributed by atoms with E-state index in [-0.39, 0.29) is 57.5 Å². The van der Waals surface area contributed by atoms with Gasteiger partial charge in [0.1, 0.15) is 0 Å². The van der Waals surface area contributed by atoms with Gasteiger partial charge in [0.2, 0.25) is 0 Å². The summed E-state index contributed by atoms with van der Waals surface area (Å²) in [4.78, 5) is 0. The second-order valence-electron chi connectivity index (χ2n) is 6.30. The van der Waals surface area contributed by atoms with Crippen molar-refractivity contribution in [1.82, 2.24) is 5.32 Å². The summed E-state index contributed by atoms with van der Waals surface area (Å²) in [7, 11) is 0. The van der Waals surface area contributed by atoms with Gasteiger partial charge >= 0.3 is 21.7 Å². The van der Waals surface area contributed by atoms with Gasteiger partial charge in [-0.15, -0.1) is 5.57 Å². The molecular weight excluding hydrogens is 313 g/mol. The van der Waals surface area contributed by atoms with Gasteiger partial charge in [-0.1, -0.05) is 33.1 Å². The maximum Gasteiger partial charge on any atom is 4.00 e. The maximum atomic E-state index is 3.37. The molecule has 0 saturated carbocycles. The van der Waals surface area contributed by atoms with E-state index in [0.717, 1.165) is 0 Å². The molecule has 1 rings (SSSR count). The van der Waals surface area contributed by atoms with E-state index < -0.39 is 0 Å². The third-order valence-electron chi connectivity index (χ3n) is 3.26. The van der Waals surface area contributed by atoms with Gasteiger partial charge in [0.15, 0.2) is 0 Å². The summed E-state index contributed by atoms with van der Waals surface area (Å²) in [5.74, 6) is 0. The van der Waals surface area contributed by atoms with Crippen molar-refractivity contribution in [3.05, 3.63) is 35.8 Å². The fourth-order valence-corrected chi connectivity index (χ4v) is 1.86. The van der Waals surface area contributed by atoms with Crippen LogP contribution in [0.4, 0.5) is 0 Å². The van der Waals surface area contributed by atoms with Crippen LogP contribution in [0.25, 0.3) is 0 Å². The first-order chi connectivity index (χ1) is 7.13. The molecule has 1 N–H and O–H groups in total. The minimum atomic E-state index is 0. The summed E-state index contributed by atoms with van der Waals surface area (Å²) in [6, 6.07) is 0. The monoisotopic (exact) mass is 337 g/mol. The molecule has 0 amide bonds. The SMILES string of the molecule is CC1=C(C)C(C)(C)C=C1[CH-][CH-]NC(C)(C)C.[Cl-].[Cl-].[Ti+4]. The zero-order valence-electron chi connectivity index (χ0n) is 13.0. The average Bonchev–Trinajstić information content (AvgIpc) is 2.28. The summed E-state index contributed by atoms with van der Waals surface area (Å²) in [6.07, 6.45) is 4.53. The van der Waals surface area contributed by atoms with E-state index in [9.17, 15) is 0 Å². The normalized spacial score (nSPS) is 16.9. The molecule has 1 aliphatic rings. The molecule has 0 aromatic carbocycles. The molecule has 0 saturated heterocycles. The van der Waals surface area contributed by atoms with Crippen molar-refractivity contribution in [2.75, 3.05) is 0 Å². The van der Waals surface area contributed by atoms with Crippen molar-refractivity contribution in [3.8, 4) is 0 Å². The van der Waals surface area contributed by atoms with Crippen LogP contribution in [0.1, 0.15) is 48.5 Å². The number of halogens is 2. The minimum absolute atomic E-state index is 0. The second-order valence-corrected chi connectivity index (χ2v) is 6.30. The molecule has 0 aliphatic heterocycles. The Balaban J connectivity index is -0.000000853. The van der Waals surface area contributed by atoms with Crippen molar-refractivity contribution in [2.24, 2.45) is 5.41 Å². The van der Waals surface area contributed by atoms with E-state index >= 15 is 0 Å². The molecule has 4 heteroatoms. The van der Waals surface area contributed by atoms with E-state index in [2.05, 4.69) is 72.8 Å². The fraction of sp³-hybridized carbons (Fsp3) is 0.600. The van der Waals surface area contributed by atoms with Gasteiger partial charge < -0.3 is 43.1 Å². The quantitative estimate of drug-likeness (QED) is 0.466. The van der Waals surface area contributed by atoms with Crippen LogP contribution in [0.2, 0.25) is 0 Å². The minimum Gasteiger partial charge on any atom is -1.00 e. The van der Waals surface area contributed by atoms with Gasteiger partial charge in [-0.2, -0.15) is 11.6 Å². The van der Waals surface area contributed by atoms with Crippen LogP contribution < -0.4 is 30.1 Å². The maximum absolute atomic E-state index is 3.37. The Bertz CT molecular complexity index is 339. The van der Waals surface area contributed by atoms with Crippen molar-refractivity contribution in [2.45, 2.75) is 54.0 Å². The van der Waals surface area contributed by atoms with Crippen molar-refractivity contribution in [1.29, 1.82) is 0 Å². The Kier molecular flexibility index (Phi) is 11.4. The van der Waals surface area contributed by atoms with Crippen LogP contribution >= 0.6 is 0 Å². The zero-order valence-corrected chi connectivity index (χ0v) is 16.1. The van der Waals surface area contributed by atoms with Crippen LogP contribution in [0.3, 0.4) is 0 Å². The van der Waals surface area contributed by atoms with Gasteiger partial charge in [-0.3, -0.25) is 0 Å². The Labute approximate surface area is 146 Å². The van der Waals surface area contributed by atoms with Gasteiger partial charge in [-0.25, -0.2) is 5.57 Å². The second kappa shape index (κ2) is 8.79. The standard InChI is InChI=1S/C15H25N.2ClH.Ti/c1-11-12(2)15(6,7)10-13(11)8-9-16-14(3,4)5;;;/h8-10,16H,1-7H3;2*1H;/q-2;;;+4/p-2. The predicted octanol–water partition coefficient (Wildman–Crippen LogP) is -1.95. The number of hydrogen-bond donors (Lipinski definition) is 1. The first-order valence-electron chi connectivity index (χ1n) is 5.99. The molecule has 1 nitrogen and oxygen atoms in total. The third kappa shape index (κ3) is 7.25. The Morgan fingerprint density at radius 1 is 1.11 bits per heavy atom. The molecule has 0 aromatic rings. The first-order valence-corrected chi connectivity index (χ1v) is 5.99. The molecule has 0 unspecified atom stereocenters. The topological polar surface area (TPSA) is 12.0 Å². The Morgan fingerprint density at radius 3 is 1.89 bits per heavy atom. The third-order valence-corrected chi connectivity index (χ3v) is 3.26. The Hall–Kier alpha value is 0.604. The van der Waals surface area contributed by atoms with Crippen LogP contribution in [-0.4, -0.2) is 5.54 Å². The average molecular weight is 338 g/mol. The van der Waals surface area contributed by atoms with Crippen LogP contribution in [0, 0.1) is 18.4 Å².